The van der Waals surface area contributed by atoms with Gasteiger partial charge in [0.1, 0.15) is 0 Å². The van der Waals surface area contributed by atoms with E-state index in [1.54, 1.807) is 0 Å². The van der Waals surface area contributed by atoms with Crippen molar-refractivity contribution in [3.05, 3.63) is 0 Å². The second-order valence-corrected chi connectivity index (χ2v) is 4.64. The first-order valence-electron chi connectivity index (χ1n) is 6.46. The Bertz CT molecular complexity index is 113. The third-order valence-corrected chi connectivity index (χ3v) is 2.56. The fourth-order valence-electron chi connectivity index (χ4n) is 1.63. The van der Waals surface area contributed by atoms with Gasteiger partial charge in [0.2, 0.25) is 0 Å². The monoisotopic (exact) mass is 216 g/mol. The number of hydrogen-bond acceptors (Lipinski definition) is 2. The smallest absolute Gasteiger partial charge is 0.0697 e. The highest BCUT2D eigenvalue weighted by atomic mass is 16.5. The first kappa shape index (κ1) is 14.9. The van der Waals surface area contributed by atoms with Crippen molar-refractivity contribution in [1.29, 1.82) is 0 Å². The minimum Gasteiger partial charge on any atom is -0.394 e. The molecule has 92 valence electrons. The number of unbranched alkanes of at least 4 members (excludes halogenated alkanes) is 5. The maximum atomic E-state index is 8.49. The molecular weight excluding hydrogens is 188 g/mol. The molecule has 0 spiro atoms. The van der Waals surface area contributed by atoms with Gasteiger partial charge in [0.25, 0.3) is 0 Å². The average Bonchev–Trinajstić information content (AvgIpc) is 2.20. The molecule has 0 bridgehead atoms. The Labute approximate surface area is 95.0 Å². The molecule has 0 heterocycles. The van der Waals surface area contributed by atoms with Crippen LogP contribution in [0.25, 0.3) is 0 Å². The van der Waals surface area contributed by atoms with Crippen molar-refractivity contribution in [3.8, 4) is 0 Å². The quantitative estimate of drug-likeness (QED) is 0.536. The Kier molecular flexibility index (Phi) is 11.9. The van der Waals surface area contributed by atoms with Crippen LogP contribution in [0.15, 0.2) is 0 Å². The van der Waals surface area contributed by atoms with Crippen LogP contribution in [0.5, 0.6) is 0 Å². The predicted octanol–water partition coefficient (Wildman–Crippen LogP) is 3.38. The average molecular weight is 216 g/mol. The Morgan fingerprint density at radius 3 is 2.07 bits per heavy atom. The first-order valence-corrected chi connectivity index (χ1v) is 6.46. The van der Waals surface area contributed by atoms with Crippen LogP contribution < -0.4 is 0 Å². The van der Waals surface area contributed by atoms with Crippen LogP contribution in [0.4, 0.5) is 0 Å². The van der Waals surface area contributed by atoms with E-state index in [2.05, 4.69) is 13.8 Å². The molecule has 2 heteroatoms. The van der Waals surface area contributed by atoms with E-state index >= 15 is 0 Å². The van der Waals surface area contributed by atoms with E-state index in [0.717, 1.165) is 18.9 Å². The van der Waals surface area contributed by atoms with Crippen LogP contribution >= 0.6 is 0 Å². The zero-order valence-electron chi connectivity index (χ0n) is 10.5. The van der Waals surface area contributed by atoms with Gasteiger partial charge < -0.3 is 9.84 Å². The highest BCUT2D eigenvalue weighted by Crippen LogP contribution is 2.11. The van der Waals surface area contributed by atoms with E-state index in [9.17, 15) is 0 Å². The van der Waals surface area contributed by atoms with E-state index < -0.39 is 0 Å². The third kappa shape index (κ3) is 13.9. The molecule has 0 aliphatic rings. The summed E-state index contributed by atoms with van der Waals surface area (Å²) in [6.07, 6.45) is 9.26. The Morgan fingerprint density at radius 2 is 1.47 bits per heavy atom. The molecule has 1 N–H and O–H groups in total. The van der Waals surface area contributed by atoms with Crippen molar-refractivity contribution in [3.63, 3.8) is 0 Å². The molecule has 0 saturated carbocycles. The lowest BCUT2D eigenvalue weighted by Gasteiger charge is -2.04. The van der Waals surface area contributed by atoms with Crippen molar-refractivity contribution in [1.82, 2.24) is 0 Å². The highest BCUT2D eigenvalue weighted by molar-refractivity contribution is 4.48. The van der Waals surface area contributed by atoms with Crippen LogP contribution in [-0.2, 0) is 4.74 Å². The molecule has 15 heavy (non-hydrogen) atoms. The summed E-state index contributed by atoms with van der Waals surface area (Å²) in [5.74, 6) is 0.858. The molecule has 0 rings (SSSR count). The first-order chi connectivity index (χ1) is 7.27. The number of rotatable bonds is 11. The summed E-state index contributed by atoms with van der Waals surface area (Å²) in [5, 5.41) is 8.49. The predicted molar refractivity (Wildman–Crippen MR) is 65.1 cm³/mol. The third-order valence-electron chi connectivity index (χ3n) is 2.56. The standard InChI is InChI=1S/C13H28O2/c1-13(2)9-7-5-3-4-6-8-11-15-12-10-14/h13-14H,3-12H2,1-2H3. The second kappa shape index (κ2) is 12.0. The fraction of sp³-hybridized carbons (Fsp3) is 1.00. The Morgan fingerprint density at radius 1 is 0.867 bits per heavy atom. The SMILES string of the molecule is CC(C)CCCCCCCCOCCO. The molecular formula is C13H28O2. The number of hydrogen-bond donors (Lipinski definition) is 1. The van der Waals surface area contributed by atoms with Gasteiger partial charge in [-0.05, 0) is 12.3 Å². The summed E-state index contributed by atoms with van der Waals surface area (Å²) in [7, 11) is 0. The highest BCUT2D eigenvalue weighted by Gasteiger charge is 1.94. The summed E-state index contributed by atoms with van der Waals surface area (Å²) in [6.45, 7) is 6.03. The van der Waals surface area contributed by atoms with Crippen LogP contribution in [0.2, 0.25) is 0 Å². The van der Waals surface area contributed by atoms with Crippen LogP contribution in [0.3, 0.4) is 0 Å². The van der Waals surface area contributed by atoms with Gasteiger partial charge in [-0.1, -0.05) is 52.4 Å². The van der Waals surface area contributed by atoms with Crippen molar-refractivity contribution in [2.24, 2.45) is 5.92 Å². The van der Waals surface area contributed by atoms with Crippen molar-refractivity contribution in [2.45, 2.75) is 58.8 Å². The summed E-state index contributed by atoms with van der Waals surface area (Å²) in [5.41, 5.74) is 0. The van der Waals surface area contributed by atoms with Crippen LogP contribution in [-0.4, -0.2) is 24.9 Å². The minimum absolute atomic E-state index is 0.148. The van der Waals surface area contributed by atoms with Gasteiger partial charge in [0, 0.05) is 6.61 Å². The zero-order chi connectivity index (χ0) is 11.4. The molecule has 0 fully saturated rings. The zero-order valence-corrected chi connectivity index (χ0v) is 10.5. The Balaban J connectivity index is 2.87. The number of aliphatic hydroxyl groups is 1. The molecule has 0 radical (unpaired) electrons. The molecule has 0 aliphatic carbocycles. The molecule has 0 aromatic heterocycles. The molecule has 0 amide bonds. The molecule has 0 aromatic rings. The van der Waals surface area contributed by atoms with Gasteiger partial charge in [-0.3, -0.25) is 0 Å². The lowest BCUT2D eigenvalue weighted by molar-refractivity contribution is 0.0895. The van der Waals surface area contributed by atoms with Crippen LogP contribution in [0, 0.1) is 5.92 Å². The van der Waals surface area contributed by atoms with Crippen molar-refractivity contribution < 1.29 is 9.84 Å². The van der Waals surface area contributed by atoms with Gasteiger partial charge >= 0.3 is 0 Å². The minimum atomic E-state index is 0.148. The summed E-state index contributed by atoms with van der Waals surface area (Å²) >= 11 is 0. The normalized spacial score (nSPS) is 11.2. The van der Waals surface area contributed by atoms with Crippen molar-refractivity contribution in [2.75, 3.05) is 19.8 Å². The number of aliphatic hydroxyl groups excluding tert-OH is 1. The molecule has 2 nitrogen and oxygen atoms in total. The van der Waals surface area contributed by atoms with E-state index in [4.69, 9.17) is 9.84 Å². The van der Waals surface area contributed by atoms with E-state index in [-0.39, 0.29) is 6.61 Å². The molecule has 0 unspecified atom stereocenters. The number of ether oxygens (including phenoxy) is 1. The van der Waals surface area contributed by atoms with E-state index in [1.807, 2.05) is 0 Å². The second-order valence-electron chi connectivity index (χ2n) is 4.64. The molecule has 0 aromatic carbocycles. The van der Waals surface area contributed by atoms with Gasteiger partial charge in [0.15, 0.2) is 0 Å². The van der Waals surface area contributed by atoms with Gasteiger partial charge in [0.05, 0.1) is 13.2 Å². The van der Waals surface area contributed by atoms with Gasteiger partial charge in [-0.15, -0.1) is 0 Å². The van der Waals surface area contributed by atoms with E-state index in [1.165, 1.54) is 38.5 Å². The topological polar surface area (TPSA) is 29.5 Å². The maximum absolute atomic E-state index is 8.49. The summed E-state index contributed by atoms with van der Waals surface area (Å²) < 4.78 is 5.19. The van der Waals surface area contributed by atoms with Gasteiger partial charge in [-0.25, -0.2) is 0 Å². The van der Waals surface area contributed by atoms with E-state index in [0.29, 0.717) is 6.61 Å². The Hall–Kier alpha value is -0.0800. The maximum Gasteiger partial charge on any atom is 0.0697 e. The molecule has 0 aliphatic heterocycles. The molecule has 0 atom stereocenters. The largest absolute Gasteiger partial charge is 0.394 e. The van der Waals surface area contributed by atoms with Crippen LogP contribution in [0.1, 0.15) is 58.8 Å². The summed E-state index contributed by atoms with van der Waals surface area (Å²) in [6, 6.07) is 0. The summed E-state index contributed by atoms with van der Waals surface area (Å²) in [4.78, 5) is 0. The van der Waals surface area contributed by atoms with Crippen molar-refractivity contribution >= 4 is 0 Å². The lowest BCUT2D eigenvalue weighted by Crippen LogP contribution is -2.00. The van der Waals surface area contributed by atoms with Gasteiger partial charge in [-0.2, -0.15) is 0 Å². The fourth-order valence-corrected chi connectivity index (χ4v) is 1.63. The lowest BCUT2D eigenvalue weighted by atomic mass is 10.0. The molecule has 0 saturated heterocycles.